The van der Waals surface area contributed by atoms with Crippen LogP contribution in [0.25, 0.3) is 10.9 Å². The summed E-state index contributed by atoms with van der Waals surface area (Å²) in [5.41, 5.74) is 3.64. The van der Waals surface area contributed by atoms with E-state index in [9.17, 15) is 0 Å². The molecule has 0 radical (unpaired) electrons. The second-order valence-electron chi connectivity index (χ2n) is 6.66. The Morgan fingerprint density at radius 3 is 2.58 bits per heavy atom. The summed E-state index contributed by atoms with van der Waals surface area (Å²) in [5, 5.41) is 1.22. The number of fused-ring (bicyclic) bond motifs is 1. The van der Waals surface area contributed by atoms with E-state index in [4.69, 9.17) is 4.74 Å². The maximum atomic E-state index is 5.80. The third-order valence-corrected chi connectivity index (χ3v) is 4.99. The monoisotopic (exact) mass is 347 g/mol. The highest BCUT2D eigenvalue weighted by molar-refractivity contribution is 5.81. The highest BCUT2D eigenvalue weighted by Gasteiger charge is 2.20. The number of para-hydroxylation sites is 3. The van der Waals surface area contributed by atoms with Gasteiger partial charge in [-0.2, -0.15) is 0 Å². The first kappa shape index (κ1) is 16.9. The van der Waals surface area contributed by atoms with E-state index in [-0.39, 0.29) is 0 Å². The zero-order valence-corrected chi connectivity index (χ0v) is 15.3. The number of ether oxygens (including phenoxy) is 1. The van der Waals surface area contributed by atoms with Gasteiger partial charge in [0, 0.05) is 44.3 Å². The Morgan fingerprint density at radius 1 is 0.923 bits per heavy atom. The minimum absolute atomic E-state index is 0.699. The fourth-order valence-corrected chi connectivity index (χ4v) is 3.68. The normalized spacial score (nSPS) is 15.3. The summed E-state index contributed by atoms with van der Waals surface area (Å²) in [6, 6.07) is 19.0. The SMILES string of the molecule is CCOc1ccccc1N1CCN(Cc2cccc3cccnc23)CC1. The Morgan fingerprint density at radius 2 is 1.73 bits per heavy atom. The fraction of sp³-hybridized carbons (Fsp3) is 0.318. The maximum absolute atomic E-state index is 5.80. The summed E-state index contributed by atoms with van der Waals surface area (Å²) in [6.07, 6.45) is 1.88. The van der Waals surface area contributed by atoms with Crippen molar-refractivity contribution in [2.24, 2.45) is 0 Å². The van der Waals surface area contributed by atoms with Crippen molar-refractivity contribution in [1.82, 2.24) is 9.88 Å². The molecule has 0 spiro atoms. The Bertz CT molecular complexity index is 867. The van der Waals surface area contributed by atoms with Crippen LogP contribution in [0.3, 0.4) is 0 Å². The van der Waals surface area contributed by atoms with Gasteiger partial charge in [-0.15, -0.1) is 0 Å². The van der Waals surface area contributed by atoms with Gasteiger partial charge in [0.05, 0.1) is 17.8 Å². The van der Waals surface area contributed by atoms with Gasteiger partial charge in [0.25, 0.3) is 0 Å². The van der Waals surface area contributed by atoms with Gasteiger partial charge in [-0.25, -0.2) is 0 Å². The van der Waals surface area contributed by atoms with Crippen molar-refractivity contribution < 1.29 is 4.74 Å². The van der Waals surface area contributed by atoms with Crippen molar-refractivity contribution in [3.05, 3.63) is 66.4 Å². The van der Waals surface area contributed by atoms with E-state index >= 15 is 0 Å². The van der Waals surface area contributed by atoms with E-state index < -0.39 is 0 Å². The van der Waals surface area contributed by atoms with E-state index in [1.165, 1.54) is 16.6 Å². The van der Waals surface area contributed by atoms with Gasteiger partial charge in [0.1, 0.15) is 5.75 Å². The topological polar surface area (TPSA) is 28.6 Å². The van der Waals surface area contributed by atoms with Crippen molar-refractivity contribution in [2.75, 3.05) is 37.7 Å². The molecule has 4 heteroatoms. The molecular weight excluding hydrogens is 322 g/mol. The molecule has 0 bridgehead atoms. The number of benzene rings is 2. The van der Waals surface area contributed by atoms with E-state index in [1.54, 1.807) is 0 Å². The first-order valence-corrected chi connectivity index (χ1v) is 9.37. The summed E-state index contributed by atoms with van der Waals surface area (Å²) in [4.78, 5) is 9.54. The lowest BCUT2D eigenvalue weighted by molar-refractivity contribution is 0.249. The lowest BCUT2D eigenvalue weighted by Gasteiger charge is -2.36. The van der Waals surface area contributed by atoms with Gasteiger partial charge in [0.2, 0.25) is 0 Å². The van der Waals surface area contributed by atoms with Crippen LogP contribution in [0.5, 0.6) is 5.75 Å². The quantitative estimate of drug-likeness (QED) is 0.699. The molecule has 0 aliphatic carbocycles. The van der Waals surface area contributed by atoms with Crippen molar-refractivity contribution in [2.45, 2.75) is 13.5 Å². The number of nitrogens with zero attached hydrogens (tertiary/aromatic N) is 3. The molecule has 1 fully saturated rings. The van der Waals surface area contributed by atoms with Crippen LogP contribution in [0.15, 0.2) is 60.8 Å². The van der Waals surface area contributed by atoms with Crippen LogP contribution in [-0.4, -0.2) is 42.7 Å². The predicted octanol–water partition coefficient (Wildman–Crippen LogP) is 3.96. The molecule has 134 valence electrons. The molecule has 0 saturated carbocycles. The van der Waals surface area contributed by atoms with Crippen LogP contribution in [0.1, 0.15) is 12.5 Å². The molecule has 4 nitrogen and oxygen atoms in total. The smallest absolute Gasteiger partial charge is 0.142 e. The van der Waals surface area contributed by atoms with Crippen LogP contribution in [0.4, 0.5) is 5.69 Å². The van der Waals surface area contributed by atoms with Gasteiger partial charge < -0.3 is 9.64 Å². The zero-order valence-electron chi connectivity index (χ0n) is 15.3. The number of rotatable bonds is 5. The molecule has 1 saturated heterocycles. The number of aromatic nitrogens is 1. The van der Waals surface area contributed by atoms with Gasteiger partial charge in [0.15, 0.2) is 0 Å². The number of anilines is 1. The van der Waals surface area contributed by atoms with E-state index in [1.807, 2.05) is 25.3 Å². The summed E-state index contributed by atoms with van der Waals surface area (Å²) < 4.78 is 5.80. The van der Waals surface area contributed by atoms with Gasteiger partial charge in [-0.05, 0) is 30.7 Å². The molecule has 4 rings (SSSR count). The lowest BCUT2D eigenvalue weighted by atomic mass is 10.1. The van der Waals surface area contributed by atoms with Crippen LogP contribution in [0, 0.1) is 0 Å². The molecular formula is C22H25N3O. The highest BCUT2D eigenvalue weighted by Crippen LogP contribution is 2.29. The molecule has 26 heavy (non-hydrogen) atoms. The average Bonchev–Trinajstić information content (AvgIpc) is 2.70. The minimum atomic E-state index is 0.699. The zero-order chi connectivity index (χ0) is 17.8. The largest absolute Gasteiger partial charge is 0.492 e. The number of piperazine rings is 1. The van der Waals surface area contributed by atoms with Crippen molar-refractivity contribution >= 4 is 16.6 Å². The fourth-order valence-electron chi connectivity index (χ4n) is 3.68. The second-order valence-corrected chi connectivity index (χ2v) is 6.66. The predicted molar refractivity (Wildman–Crippen MR) is 107 cm³/mol. The lowest BCUT2D eigenvalue weighted by Crippen LogP contribution is -2.46. The van der Waals surface area contributed by atoms with E-state index in [2.05, 4.69) is 57.2 Å². The summed E-state index contributed by atoms with van der Waals surface area (Å²) in [7, 11) is 0. The van der Waals surface area contributed by atoms with Gasteiger partial charge in [-0.3, -0.25) is 9.88 Å². The molecule has 1 aliphatic heterocycles. The first-order chi connectivity index (χ1) is 12.8. The van der Waals surface area contributed by atoms with Crippen LogP contribution in [0.2, 0.25) is 0 Å². The van der Waals surface area contributed by atoms with Crippen LogP contribution < -0.4 is 9.64 Å². The summed E-state index contributed by atoms with van der Waals surface area (Å²) in [5.74, 6) is 0.988. The number of hydrogen-bond donors (Lipinski definition) is 0. The summed E-state index contributed by atoms with van der Waals surface area (Å²) >= 11 is 0. The maximum Gasteiger partial charge on any atom is 0.142 e. The Kier molecular flexibility index (Phi) is 5.02. The molecule has 0 unspecified atom stereocenters. The van der Waals surface area contributed by atoms with Crippen molar-refractivity contribution in [3.63, 3.8) is 0 Å². The average molecular weight is 347 g/mol. The molecule has 1 aromatic heterocycles. The molecule has 0 amide bonds. The summed E-state index contributed by atoms with van der Waals surface area (Å²) in [6.45, 7) is 7.81. The van der Waals surface area contributed by atoms with Gasteiger partial charge >= 0.3 is 0 Å². The molecule has 0 N–H and O–H groups in total. The standard InChI is InChI=1S/C22H25N3O/c1-2-26-21-11-4-3-10-20(21)25-15-13-24(14-16-25)17-19-8-5-7-18-9-6-12-23-22(18)19/h3-12H,2,13-17H2,1H3. The number of pyridine rings is 1. The Labute approximate surface area is 155 Å². The highest BCUT2D eigenvalue weighted by atomic mass is 16.5. The van der Waals surface area contributed by atoms with Crippen LogP contribution >= 0.6 is 0 Å². The Balaban J connectivity index is 1.44. The molecule has 2 heterocycles. The molecule has 1 aliphatic rings. The number of hydrogen-bond acceptors (Lipinski definition) is 4. The Hall–Kier alpha value is -2.59. The van der Waals surface area contributed by atoms with Crippen LogP contribution in [-0.2, 0) is 6.54 Å². The third-order valence-electron chi connectivity index (χ3n) is 4.99. The second kappa shape index (κ2) is 7.75. The molecule has 2 aromatic carbocycles. The third kappa shape index (κ3) is 3.51. The molecule has 3 aromatic rings. The van der Waals surface area contributed by atoms with Crippen molar-refractivity contribution in [1.29, 1.82) is 0 Å². The van der Waals surface area contributed by atoms with Gasteiger partial charge in [-0.1, -0.05) is 36.4 Å². The van der Waals surface area contributed by atoms with E-state index in [0.29, 0.717) is 6.61 Å². The van der Waals surface area contributed by atoms with E-state index in [0.717, 1.165) is 44.0 Å². The molecule has 0 atom stereocenters. The first-order valence-electron chi connectivity index (χ1n) is 9.37. The minimum Gasteiger partial charge on any atom is -0.492 e. The van der Waals surface area contributed by atoms with Crippen molar-refractivity contribution in [3.8, 4) is 5.75 Å².